The number of hydrogen-bond donors (Lipinski definition) is 1. The van der Waals surface area contributed by atoms with Crippen LogP contribution in [-0.4, -0.2) is 20.5 Å². The van der Waals surface area contributed by atoms with Gasteiger partial charge >= 0.3 is 5.97 Å². The molecule has 0 aliphatic rings. The zero-order chi connectivity index (χ0) is 14.3. The van der Waals surface area contributed by atoms with Gasteiger partial charge in [-0.3, -0.25) is 4.40 Å². The Morgan fingerprint density at radius 3 is 2.60 bits per heavy atom. The van der Waals surface area contributed by atoms with Crippen LogP contribution in [0.15, 0.2) is 47.1 Å². The topological polar surface area (TPSA) is 54.6 Å². The standard InChI is InChI=1S/C14H8BrFN2O2/c15-10-2-1-7-18-12(10)11(14(19)20)17-13(18)8-3-5-9(16)6-4-8/h1-7H,(H,19,20). The zero-order valence-corrected chi connectivity index (χ0v) is 11.6. The van der Waals surface area contributed by atoms with Gasteiger partial charge < -0.3 is 5.11 Å². The fourth-order valence-electron chi connectivity index (χ4n) is 2.05. The Hall–Kier alpha value is -2.21. The van der Waals surface area contributed by atoms with E-state index in [4.69, 9.17) is 0 Å². The molecule has 20 heavy (non-hydrogen) atoms. The first-order valence-corrected chi connectivity index (χ1v) is 6.53. The number of aromatic carboxylic acids is 1. The highest BCUT2D eigenvalue weighted by Gasteiger charge is 2.19. The molecule has 1 aromatic carbocycles. The molecule has 2 heterocycles. The van der Waals surface area contributed by atoms with Crippen molar-refractivity contribution in [2.45, 2.75) is 0 Å². The highest BCUT2D eigenvalue weighted by atomic mass is 79.9. The molecule has 3 rings (SSSR count). The molecule has 0 aliphatic heterocycles. The molecule has 0 aliphatic carbocycles. The van der Waals surface area contributed by atoms with Crippen LogP contribution in [0.1, 0.15) is 10.5 Å². The maximum Gasteiger partial charge on any atom is 0.356 e. The van der Waals surface area contributed by atoms with Crippen LogP contribution in [-0.2, 0) is 0 Å². The minimum absolute atomic E-state index is 0.0446. The first kappa shape index (κ1) is 12.8. The lowest BCUT2D eigenvalue weighted by molar-refractivity contribution is 0.0693. The van der Waals surface area contributed by atoms with Crippen molar-refractivity contribution in [2.75, 3.05) is 0 Å². The summed E-state index contributed by atoms with van der Waals surface area (Å²) in [7, 11) is 0. The SMILES string of the molecule is O=C(O)c1nc(-c2ccc(F)cc2)n2cccc(Br)c12. The van der Waals surface area contributed by atoms with E-state index in [1.54, 1.807) is 34.9 Å². The minimum Gasteiger partial charge on any atom is -0.476 e. The number of hydrogen-bond acceptors (Lipinski definition) is 2. The Morgan fingerprint density at radius 1 is 1.25 bits per heavy atom. The molecule has 0 fully saturated rings. The van der Waals surface area contributed by atoms with E-state index in [-0.39, 0.29) is 11.5 Å². The number of halogens is 2. The molecule has 100 valence electrons. The molecule has 0 radical (unpaired) electrons. The summed E-state index contributed by atoms with van der Waals surface area (Å²) in [5.74, 6) is -1.00. The quantitative estimate of drug-likeness (QED) is 0.779. The average molecular weight is 335 g/mol. The number of carbonyl (C=O) groups is 1. The Morgan fingerprint density at radius 2 is 1.95 bits per heavy atom. The Kier molecular flexibility index (Phi) is 3.02. The second-order valence-electron chi connectivity index (χ2n) is 4.17. The summed E-state index contributed by atoms with van der Waals surface area (Å²) in [5, 5.41) is 9.25. The third-order valence-corrected chi connectivity index (χ3v) is 3.56. The van der Waals surface area contributed by atoms with Crippen LogP contribution in [0.4, 0.5) is 4.39 Å². The number of rotatable bonds is 2. The largest absolute Gasteiger partial charge is 0.476 e. The smallest absolute Gasteiger partial charge is 0.356 e. The third-order valence-electron chi connectivity index (χ3n) is 2.92. The van der Waals surface area contributed by atoms with E-state index < -0.39 is 5.97 Å². The third kappa shape index (κ3) is 1.98. The van der Waals surface area contributed by atoms with Gasteiger partial charge in [-0.15, -0.1) is 0 Å². The predicted octanol–water partition coefficient (Wildman–Crippen LogP) is 3.60. The van der Waals surface area contributed by atoms with Gasteiger partial charge in [0.2, 0.25) is 0 Å². The van der Waals surface area contributed by atoms with Crippen molar-refractivity contribution in [3.8, 4) is 11.4 Å². The highest BCUT2D eigenvalue weighted by molar-refractivity contribution is 9.10. The Bertz CT molecular complexity index is 812. The second kappa shape index (κ2) is 4.72. The maximum absolute atomic E-state index is 13.0. The van der Waals surface area contributed by atoms with Crippen molar-refractivity contribution >= 4 is 27.4 Å². The molecule has 0 atom stereocenters. The number of carboxylic acids is 1. The summed E-state index contributed by atoms with van der Waals surface area (Å²) >= 11 is 3.33. The monoisotopic (exact) mass is 334 g/mol. The van der Waals surface area contributed by atoms with Crippen molar-refractivity contribution in [2.24, 2.45) is 0 Å². The van der Waals surface area contributed by atoms with Gasteiger partial charge in [-0.25, -0.2) is 14.2 Å². The first-order valence-electron chi connectivity index (χ1n) is 5.74. The van der Waals surface area contributed by atoms with E-state index in [1.807, 2.05) is 0 Å². The van der Waals surface area contributed by atoms with Crippen LogP contribution in [0.3, 0.4) is 0 Å². The van der Waals surface area contributed by atoms with Gasteiger partial charge in [0.25, 0.3) is 0 Å². The van der Waals surface area contributed by atoms with Crippen LogP contribution in [0.2, 0.25) is 0 Å². The van der Waals surface area contributed by atoms with Gasteiger partial charge in [0.15, 0.2) is 5.69 Å². The van der Waals surface area contributed by atoms with Crippen LogP contribution >= 0.6 is 15.9 Å². The average Bonchev–Trinajstić information content (AvgIpc) is 2.81. The lowest BCUT2D eigenvalue weighted by Gasteiger charge is -2.02. The van der Waals surface area contributed by atoms with E-state index in [2.05, 4.69) is 20.9 Å². The van der Waals surface area contributed by atoms with E-state index in [0.29, 0.717) is 21.4 Å². The predicted molar refractivity (Wildman–Crippen MR) is 75.2 cm³/mol. The van der Waals surface area contributed by atoms with Gasteiger partial charge in [0, 0.05) is 16.2 Å². The van der Waals surface area contributed by atoms with Gasteiger partial charge in [0.05, 0.1) is 5.52 Å². The van der Waals surface area contributed by atoms with Gasteiger partial charge in [-0.05, 0) is 52.3 Å². The van der Waals surface area contributed by atoms with E-state index in [1.165, 1.54) is 12.1 Å². The summed E-state index contributed by atoms with van der Waals surface area (Å²) < 4.78 is 15.3. The van der Waals surface area contributed by atoms with E-state index >= 15 is 0 Å². The zero-order valence-electron chi connectivity index (χ0n) is 10.0. The van der Waals surface area contributed by atoms with Gasteiger partial charge in [0.1, 0.15) is 11.6 Å². The highest BCUT2D eigenvalue weighted by Crippen LogP contribution is 2.28. The van der Waals surface area contributed by atoms with Crippen LogP contribution in [0.25, 0.3) is 16.9 Å². The minimum atomic E-state index is -1.11. The number of pyridine rings is 1. The summed E-state index contributed by atoms with van der Waals surface area (Å²) in [5.41, 5.74) is 1.07. The second-order valence-corrected chi connectivity index (χ2v) is 5.03. The number of imidazole rings is 1. The van der Waals surface area contributed by atoms with Crippen LogP contribution < -0.4 is 0 Å². The molecular weight excluding hydrogens is 327 g/mol. The van der Waals surface area contributed by atoms with Crippen molar-refractivity contribution < 1.29 is 14.3 Å². The molecule has 0 amide bonds. The fourth-order valence-corrected chi connectivity index (χ4v) is 2.58. The Labute approximate surface area is 121 Å². The summed E-state index contributed by atoms with van der Waals surface area (Å²) in [6, 6.07) is 9.28. The van der Waals surface area contributed by atoms with E-state index in [0.717, 1.165) is 0 Å². The van der Waals surface area contributed by atoms with Crippen molar-refractivity contribution in [1.29, 1.82) is 0 Å². The summed E-state index contributed by atoms with van der Waals surface area (Å²) in [6.07, 6.45) is 1.72. The summed E-state index contributed by atoms with van der Waals surface area (Å²) in [6.45, 7) is 0. The summed E-state index contributed by atoms with van der Waals surface area (Å²) in [4.78, 5) is 15.5. The van der Waals surface area contributed by atoms with Crippen molar-refractivity contribution in [3.05, 3.63) is 58.6 Å². The molecule has 0 spiro atoms. The molecule has 0 saturated heterocycles. The maximum atomic E-state index is 13.0. The molecule has 4 nitrogen and oxygen atoms in total. The number of aromatic nitrogens is 2. The van der Waals surface area contributed by atoms with Gasteiger partial charge in [-0.2, -0.15) is 0 Å². The lowest BCUT2D eigenvalue weighted by atomic mass is 10.2. The first-order chi connectivity index (χ1) is 9.58. The normalized spacial score (nSPS) is 10.9. The van der Waals surface area contributed by atoms with Gasteiger partial charge in [-0.1, -0.05) is 0 Å². The molecule has 3 aromatic rings. The number of benzene rings is 1. The molecule has 2 aromatic heterocycles. The van der Waals surface area contributed by atoms with Crippen LogP contribution in [0, 0.1) is 5.82 Å². The molecule has 0 unspecified atom stereocenters. The molecule has 0 bridgehead atoms. The number of carboxylic acid groups (broad SMARTS) is 1. The van der Waals surface area contributed by atoms with Crippen molar-refractivity contribution in [1.82, 2.24) is 9.38 Å². The van der Waals surface area contributed by atoms with Crippen molar-refractivity contribution in [3.63, 3.8) is 0 Å². The van der Waals surface area contributed by atoms with Crippen LogP contribution in [0.5, 0.6) is 0 Å². The molecular formula is C14H8BrFN2O2. The molecule has 1 N–H and O–H groups in total. The number of fused-ring (bicyclic) bond motifs is 1. The molecule has 0 saturated carbocycles. The number of nitrogens with zero attached hydrogens (tertiary/aromatic N) is 2. The fraction of sp³-hybridized carbons (Fsp3) is 0. The lowest BCUT2D eigenvalue weighted by Crippen LogP contribution is -1.97. The molecule has 6 heteroatoms. The van der Waals surface area contributed by atoms with E-state index in [9.17, 15) is 14.3 Å². The Balaban J connectivity index is 2.34.